The molecule has 0 unspecified atom stereocenters. The third-order valence-electron chi connectivity index (χ3n) is 2.96. The van der Waals surface area contributed by atoms with Crippen LogP contribution >= 0.6 is 11.8 Å². The summed E-state index contributed by atoms with van der Waals surface area (Å²) < 4.78 is 0. The van der Waals surface area contributed by atoms with Gasteiger partial charge in [0.05, 0.1) is 6.10 Å². The van der Waals surface area contributed by atoms with Gasteiger partial charge in [0.15, 0.2) is 0 Å². The first-order chi connectivity index (χ1) is 5.88. The SMILES string of the molecule is O[C@@H]1CCC[C@H]1N1CCSCC1. The number of thioether (sulfide) groups is 1. The average molecular weight is 187 g/mol. The van der Waals surface area contributed by atoms with Crippen LogP contribution in [0.4, 0.5) is 0 Å². The lowest BCUT2D eigenvalue weighted by Gasteiger charge is -2.33. The molecule has 12 heavy (non-hydrogen) atoms. The Morgan fingerprint density at radius 1 is 1.17 bits per heavy atom. The fraction of sp³-hybridized carbons (Fsp3) is 1.00. The number of aliphatic hydroxyl groups excluding tert-OH is 1. The van der Waals surface area contributed by atoms with Gasteiger partial charge >= 0.3 is 0 Å². The molecule has 0 aromatic rings. The molecule has 1 N–H and O–H groups in total. The summed E-state index contributed by atoms with van der Waals surface area (Å²) in [6.45, 7) is 2.37. The molecule has 2 atom stereocenters. The van der Waals surface area contributed by atoms with Crippen molar-refractivity contribution in [2.45, 2.75) is 31.4 Å². The number of hydrogen-bond acceptors (Lipinski definition) is 3. The number of nitrogens with zero attached hydrogens (tertiary/aromatic N) is 1. The molecule has 0 aromatic carbocycles. The van der Waals surface area contributed by atoms with E-state index in [0.717, 1.165) is 6.42 Å². The zero-order valence-corrected chi connectivity index (χ0v) is 8.22. The number of rotatable bonds is 1. The minimum absolute atomic E-state index is 0.0342. The van der Waals surface area contributed by atoms with Crippen molar-refractivity contribution in [3.05, 3.63) is 0 Å². The minimum atomic E-state index is -0.0342. The van der Waals surface area contributed by atoms with Crippen LogP contribution in [-0.2, 0) is 0 Å². The summed E-state index contributed by atoms with van der Waals surface area (Å²) in [6, 6.07) is 0.492. The second-order valence-electron chi connectivity index (χ2n) is 3.71. The van der Waals surface area contributed by atoms with Gasteiger partial charge in [-0.1, -0.05) is 0 Å². The molecule has 1 aliphatic heterocycles. The molecule has 1 saturated heterocycles. The monoisotopic (exact) mass is 187 g/mol. The highest BCUT2D eigenvalue weighted by molar-refractivity contribution is 7.99. The van der Waals surface area contributed by atoms with Gasteiger partial charge in [0, 0.05) is 30.6 Å². The van der Waals surface area contributed by atoms with Gasteiger partial charge in [-0.2, -0.15) is 11.8 Å². The number of aliphatic hydroxyl groups is 1. The van der Waals surface area contributed by atoms with Gasteiger partial charge in [-0.15, -0.1) is 0 Å². The van der Waals surface area contributed by atoms with Crippen LogP contribution in [0.15, 0.2) is 0 Å². The van der Waals surface area contributed by atoms with Crippen LogP contribution in [0.25, 0.3) is 0 Å². The molecular weight excluding hydrogens is 170 g/mol. The normalized spacial score (nSPS) is 38.8. The number of hydrogen-bond donors (Lipinski definition) is 1. The van der Waals surface area contributed by atoms with Crippen LogP contribution in [0, 0.1) is 0 Å². The van der Waals surface area contributed by atoms with Gasteiger partial charge in [0.2, 0.25) is 0 Å². The highest BCUT2D eigenvalue weighted by atomic mass is 32.2. The molecular formula is C9H17NOS. The highest BCUT2D eigenvalue weighted by Gasteiger charge is 2.30. The van der Waals surface area contributed by atoms with Crippen molar-refractivity contribution in [1.82, 2.24) is 4.90 Å². The molecule has 0 radical (unpaired) electrons. The quantitative estimate of drug-likeness (QED) is 0.661. The Kier molecular flexibility index (Phi) is 2.94. The first kappa shape index (κ1) is 8.85. The minimum Gasteiger partial charge on any atom is -0.391 e. The van der Waals surface area contributed by atoms with E-state index in [2.05, 4.69) is 4.90 Å². The van der Waals surface area contributed by atoms with Crippen LogP contribution in [0.2, 0.25) is 0 Å². The van der Waals surface area contributed by atoms with Crippen molar-refractivity contribution in [3.63, 3.8) is 0 Å². The van der Waals surface area contributed by atoms with Crippen LogP contribution in [0.3, 0.4) is 0 Å². The summed E-state index contributed by atoms with van der Waals surface area (Å²) in [6.07, 6.45) is 3.42. The van der Waals surface area contributed by atoms with Crippen LogP contribution in [0.1, 0.15) is 19.3 Å². The molecule has 0 spiro atoms. The summed E-state index contributed by atoms with van der Waals surface area (Å²) in [5, 5.41) is 9.69. The van der Waals surface area contributed by atoms with Crippen molar-refractivity contribution in [1.29, 1.82) is 0 Å². The Hall–Kier alpha value is 0.270. The van der Waals surface area contributed by atoms with Crippen molar-refractivity contribution < 1.29 is 5.11 Å². The van der Waals surface area contributed by atoms with Crippen LogP contribution in [0.5, 0.6) is 0 Å². The van der Waals surface area contributed by atoms with E-state index in [1.807, 2.05) is 11.8 Å². The predicted octanol–water partition coefficient (Wildman–Crippen LogP) is 0.949. The zero-order chi connectivity index (χ0) is 8.39. The molecule has 1 heterocycles. The van der Waals surface area contributed by atoms with E-state index in [1.54, 1.807) is 0 Å². The molecule has 3 heteroatoms. The maximum Gasteiger partial charge on any atom is 0.0695 e. The van der Waals surface area contributed by atoms with E-state index in [9.17, 15) is 5.11 Å². The fourth-order valence-electron chi connectivity index (χ4n) is 2.26. The molecule has 0 aromatic heterocycles. The lowest BCUT2D eigenvalue weighted by atomic mass is 10.2. The average Bonchev–Trinajstić information content (AvgIpc) is 2.53. The van der Waals surface area contributed by atoms with Gasteiger partial charge in [0.25, 0.3) is 0 Å². The topological polar surface area (TPSA) is 23.5 Å². The predicted molar refractivity (Wildman–Crippen MR) is 52.5 cm³/mol. The third-order valence-corrected chi connectivity index (χ3v) is 3.90. The van der Waals surface area contributed by atoms with Gasteiger partial charge in [-0.25, -0.2) is 0 Å². The second kappa shape index (κ2) is 3.99. The van der Waals surface area contributed by atoms with Gasteiger partial charge in [0.1, 0.15) is 0 Å². The van der Waals surface area contributed by atoms with Crippen molar-refractivity contribution in [2.75, 3.05) is 24.6 Å². The van der Waals surface area contributed by atoms with Crippen LogP contribution < -0.4 is 0 Å². The first-order valence-corrected chi connectivity index (χ1v) is 6.03. The molecule has 1 saturated carbocycles. The van der Waals surface area contributed by atoms with Gasteiger partial charge in [-0.3, -0.25) is 4.90 Å². The molecule has 70 valence electrons. The molecule has 2 aliphatic rings. The Balaban J connectivity index is 1.89. The van der Waals surface area contributed by atoms with Crippen molar-refractivity contribution in [2.24, 2.45) is 0 Å². The Morgan fingerprint density at radius 2 is 1.92 bits per heavy atom. The fourth-order valence-corrected chi connectivity index (χ4v) is 3.19. The standard InChI is InChI=1S/C9H17NOS/c11-9-3-1-2-8(9)10-4-6-12-7-5-10/h8-9,11H,1-7H2/t8-,9-/m1/s1. The summed E-state index contributed by atoms with van der Waals surface area (Å²) >= 11 is 2.04. The van der Waals surface area contributed by atoms with E-state index < -0.39 is 0 Å². The Bertz CT molecular complexity index is 147. The largest absolute Gasteiger partial charge is 0.391 e. The maximum absolute atomic E-state index is 9.69. The highest BCUT2D eigenvalue weighted by Crippen LogP contribution is 2.26. The van der Waals surface area contributed by atoms with E-state index in [0.29, 0.717) is 6.04 Å². The Morgan fingerprint density at radius 3 is 2.50 bits per heavy atom. The van der Waals surface area contributed by atoms with E-state index in [-0.39, 0.29) is 6.10 Å². The molecule has 0 amide bonds. The molecule has 2 nitrogen and oxygen atoms in total. The molecule has 0 bridgehead atoms. The Labute approximate surface area is 78.3 Å². The van der Waals surface area contributed by atoms with E-state index in [4.69, 9.17) is 0 Å². The van der Waals surface area contributed by atoms with E-state index in [1.165, 1.54) is 37.4 Å². The lowest BCUT2D eigenvalue weighted by Crippen LogP contribution is -2.44. The third kappa shape index (κ3) is 1.78. The summed E-state index contributed by atoms with van der Waals surface area (Å²) in [7, 11) is 0. The summed E-state index contributed by atoms with van der Waals surface area (Å²) in [5.41, 5.74) is 0. The zero-order valence-electron chi connectivity index (χ0n) is 7.41. The maximum atomic E-state index is 9.69. The summed E-state index contributed by atoms with van der Waals surface area (Å²) in [5.74, 6) is 2.51. The molecule has 2 fully saturated rings. The lowest BCUT2D eigenvalue weighted by molar-refractivity contribution is 0.0769. The molecule has 1 aliphatic carbocycles. The van der Waals surface area contributed by atoms with E-state index >= 15 is 0 Å². The van der Waals surface area contributed by atoms with Crippen molar-refractivity contribution >= 4 is 11.8 Å². The van der Waals surface area contributed by atoms with Gasteiger partial charge < -0.3 is 5.11 Å². The molecule has 2 rings (SSSR count). The first-order valence-electron chi connectivity index (χ1n) is 4.88. The van der Waals surface area contributed by atoms with Gasteiger partial charge in [-0.05, 0) is 19.3 Å². The summed E-state index contributed by atoms with van der Waals surface area (Å²) in [4.78, 5) is 2.48. The smallest absolute Gasteiger partial charge is 0.0695 e. The van der Waals surface area contributed by atoms with Crippen molar-refractivity contribution in [3.8, 4) is 0 Å². The van der Waals surface area contributed by atoms with Crippen LogP contribution in [-0.4, -0.2) is 46.7 Å². The second-order valence-corrected chi connectivity index (χ2v) is 4.94.